The minimum absolute atomic E-state index is 0.103. The minimum atomic E-state index is -0.475. The molecule has 2 N–H and O–H groups in total. The van der Waals surface area contributed by atoms with Crippen molar-refractivity contribution in [1.29, 1.82) is 0 Å². The van der Waals surface area contributed by atoms with Gasteiger partial charge in [0, 0.05) is 0 Å². The van der Waals surface area contributed by atoms with Crippen LogP contribution in [0.4, 0.5) is 15.9 Å². The first-order valence-electron chi connectivity index (χ1n) is 4.84. The van der Waals surface area contributed by atoms with E-state index in [1.54, 1.807) is 12.1 Å². The molecule has 0 unspecified atom stereocenters. The topological polar surface area (TPSA) is 57.8 Å². The maximum Gasteiger partial charge on any atom is 0.271 e. The van der Waals surface area contributed by atoms with Crippen molar-refractivity contribution >= 4 is 23.1 Å². The molecule has 1 heterocycles. The van der Waals surface area contributed by atoms with Gasteiger partial charge in [0.1, 0.15) is 10.8 Å². The van der Waals surface area contributed by atoms with E-state index in [1.165, 1.54) is 12.4 Å². The Kier molecular flexibility index (Phi) is 3.10. The van der Waals surface area contributed by atoms with Crippen molar-refractivity contribution in [1.82, 2.24) is 9.97 Å². The van der Waals surface area contributed by atoms with Crippen molar-refractivity contribution in [3.8, 4) is 0 Å². The summed E-state index contributed by atoms with van der Waals surface area (Å²) >= 11 is 5.74. The van der Waals surface area contributed by atoms with Crippen LogP contribution in [0, 0.1) is 12.7 Å². The largest absolute Gasteiger partial charge is 0.336 e. The van der Waals surface area contributed by atoms with E-state index in [-0.39, 0.29) is 16.5 Å². The highest BCUT2D eigenvalue weighted by Gasteiger charge is 2.08. The van der Waals surface area contributed by atoms with Crippen LogP contribution >= 0.6 is 11.6 Å². The molecule has 4 nitrogen and oxygen atoms in total. The second kappa shape index (κ2) is 4.55. The van der Waals surface area contributed by atoms with Gasteiger partial charge >= 0.3 is 0 Å². The number of H-pyrrole nitrogens is 1. The van der Waals surface area contributed by atoms with E-state index in [0.717, 1.165) is 5.56 Å². The maximum atomic E-state index is 13.5. The standard InChI is InChI=1S/C11H9ClFN3O/c1-6-2-3-7(13)8(4-6)16-10-9(12)11(17)15-5-14-10/h2-5H,1H3,(H2,14,15,16,17). The van der Waals surface area contributed by atoms with Crippen LogP contribution in [0.1, 0.15) is 5.56 Å². The molecule has 1 aromatic carbocycles. The Bertz CT molecular complexity index is 612. The van der Waals surface area contributed by atoms with Gasteiger partial charge in [-0.1, -0.05) is 17.7 Å². The van der Waals surface area contributed by atoms with Gasteiger partial charge in [-0.3, -0.25) is 4.79 Å². The minimum Gasteiger partial charge on any atom is -0.336 e. The maximum absolute atomic E-state index is 13.5. The zero-order valence-electron chi connectivity index (χ0n) is 8.92. The Morgan fingerprint density at radius 3 is 3.00 bits per heavy atom. The highest BCUT2D eigenvalue weighted by atomic mass is 35.5. The summed E-state index contributed by atoms with van der Waals surface area (Å²) in [7, 11) is 0. The molecule has 1 aromatic heterocycles. The molecule has 0 aliphatic carbocycles. The van der Waals surface area contributed by atoms with E-state index >= 15 is 0 Å². The molecule has 0 amide bonds. The number of aromatic amines is 1. The number of nitrogens with one attached hydrogen (secondary N) is 2. The molecule has 88 valence electrons. The van der Waals surface area contributed by atoms with E-state index in [1.807, 2.05) is 6.92 Å². The Morgan fingerprint density at radius 1 is 1.47 bits per heavy atom. The lowest BCUT2D eigenvalue weighted by atomic mass is 10.2. The van der Waals surface area contributed by atoms with Crippen molar-refractivity contribution in [2.75, 3.05) is 5.32 Å². The van der Waals surface area contributed by atoms with Crippen LogP contribution in [-0.2, 0) is 0 Å². The summed E-state index contributed by atoms with van der Waals surface area (Å²) in [5, 5.41) is 2.58. The lowest BCUT2D eigenvalue weighted by Gasteiger charge is -2.08. The first-order chi connectivity index (χ1) is 8.08. The first kappa shape index (κ1) is 11.6. The number of halogens is 2. The molecular weight excluding hydrogens is 245 g/mol. The molecule has 0 atom stereocenters. The number of benzene rings is 1. The summed E-state index contributed by atoms with van der Waals surface area (Å²) in [6.45, 7) is 1.83. The predicted octanol–water partition coefficient (Wildman–Crippen LogP) is 2.61. The number of aryl methyl sites for hydroxylation is 1. The molecule has 0 radical (unpaired) electrons. The van der Waals surface area contributed by atoms with Crippen molar-refractivity contribution in [2.24, 2.45) is 0 Å². The number of nitrogens with zero attached hydrogens (tertiary/aromatic N) is 1. The molecule has 17 heavy (non-hydrogen) atoms. The number of hydrogen-bond acceptors (Lipinski definition) is 3. The van der Waals surface area contributed by atoms with Crippen LogP contribution in [0.2, 0.25) is 5.02 Å². The van der Waals surface area contributed by atoms with Crippen LogP contribution < -0.4 is 10.9 Å². The second-order valence-electron chi connectivity index (χ2n) is 3.50. The van der Waals surface area contributed by atoms with Gasteiger partial charge in [0.05, 0.1) is 12.0 Å². The van der Waals surface area contributed by atoms with E-state index < -0.39 is 11.4 Å². The lowest BCUT2D eigenvalue weighted by molar-refractivity contribution is 0.631. The Labute approximate surface area is 101 Å². The smallest absolute Gasteiger partial charge is 0.271 e. The third-order valence-electron chi connectivity index (χ3n) is 2.17. The van der Waals surface area contributed by atoms with Gasteiger partial charge in [0.2, 0.25) is 0 Å². The van der Waals surface area contributed by atoms with Crippen molar-refractivity contribution in [2.45, 2.75) is 6.92 Å². The van der Waals surface area contributed by atoms with Gasteiger partial charge in [0.15, 0.2) is 5.82 Å². The molecule has 2 rings (SSSR count). The summed E-state index contributed by atoms with van der Waals surface area (Å²) in [6.07, 6.45) is 1.20. The van der Waals surface area contributed by atoms with Gasteiger partial charge < -0.3 is 10.3 Å². The highest BCUT2D eigenvalue weighted by molar-refractivity contribution is 6.32. The summed E-state index contributed by atoms with van der Waals surface area (Å²) in [5.74, 6) is -0.311. The van der Waals surface area contributed by atoms with Gasteiger partial charge in [-0.25, -0.2) is 9.37 Å². The molecule has 2 aromatic rings. The fourth-order valence-electron chi connectivity index (χ4n) is 1.33. The number of hydrogen-bond donors (Lipinski definition) is 2. The Hall–Kier alpha value is -1.88. The third-order valence-corrected chi connectivity index (χ3v) is 2.52. The monoisotopic (exact) mass is 253 g/mol. The van der Waals surface area contributed by atoms with Gasteiger partial charge in [0.25, 0.3) is 5.56 Å². The van der Waals surface area contributed by atoms with Gasteiger partial charge in [-0.05, 0) is 24.6 Å². The quantitative estimate of drug-likeness (QED) is 0.865. The van der Waals surface area contributed by atoms with Crippen LogP contribution in [0.25, 0.3) is 0 Å². The first-order valence-corrected chi connectivity index (χ1v) is 5.22. The van der Waals surface area contributed by atoms with E-state index in [9.17, 15) is 9.18 Å². The Balaban J connectivity index is 2.41. The van der Waals surface area contributed by atoms with Crippen LogP contribution in [0.5, 0.6) is 0 Å². The van der Waals surface area contributed by atoms with Gasteiger partial charge in [-0.15, -0.1) is 0 Å². The molecule has 0 saturated carbocycles. The summed E-state index contributed by atoms with van der Waals surface area (Å²) in [4.78, 5) is 17.4. The molecule has 0 fully saturated rings. The fourth-order valence-corrected chi connectivity index (χ4v) is 1.48. The van der Waals surface area contributed by atoms with E-state index in [2.05, 4.69) is 15.3 Å². The lowest BCUT2D eigenvalue weighted by Crippen LogP contribution is -2.10. The van der Waals surface area contributed by atoms with Crippen molar-refractivity contribution in [3.63, 3.8) is 0 Å². The average Bonchev–Trinajstić information content (AvgIpc) is 2.30. The summed E-state index contributed by atoms with van der Waals surface area (Å²) in [6, 6.07) is 4.58. The third kappa shape index (κ3) is 2.45. The number of rotatable bonds is 2. The average molecular weight is 254 g/mol. The molecule has 0 aliphatic rings. The molecular formula is C11H9ClFN3O. The molecule has 0 spiro atoms. The molecule has 0 aliphatic heterocycles. The fraction of sp³-hybridized carbons (Fsp3) is 0.0909. The van der Waals surface area contributed by atoms with Crippen molar-refractivity contribution < 1.29 is 4.39 Å². The van der Waals surface area contributed by atoms with Crippen LogP contribution in [0.3, 0.4) is 0 Å². The number of aromatic nitrogens is 2. The zero-order chi connectivity index (χ0) is 12.4. The molecule has 0 bridgehead atoms. The van der Waals surface area contributed by atoms with Gasteiger partial charge in [-0.2, -0.15) is 0 Å². The summed E-state index contributed by atoms with van der Waals surface area (Å²) < 4.78 is 13.5. The molecule has 0 saturated heterocycles. The van der Waals surface area contributed by atoms with Crippen LogP contribution in [-0.4, -0.2) is 9.97 Å². The SMILES string of the molecule is Cc1ccc(F)c(Nc2nc[nH]c(=O)c2Cl)c1. The zero-order valence-corrected chi connectivity index (χ0v) is 9.68. The van der Waals surface area contributed by atoms with Crippen LogP contribution in [0.15, 0.2) is 29.3 Å². The predicted molar refractivity (Wildman–Crippen MR) is 64.3 cm³/mol. The number of anilines is 2. The van der Waals surface area contributed by atoms with E-state index in [0.29, 0.717) is 0 Å². The molecule has 6 heteroatoms. The van der Waals surface area contributed by atoms with Crippen molar-refractivity contribution in [3.05, 3.63) is 51.3 Å². The normalized spacial score (nSPS) is 10.3. The Morgan fingerprint density at radius 2 is 2.24 bits per heavy atom. The summed E-state index contributed by atoms with van der Waals surface area (Å²) in [5.41, 5.74) is 0.636. The highest BCUT2D eigenvalue weighted by Crippen LogP contribution is 2.22. The second-order valence-corrected chi connectivity index (χ2v) is 3.88. The van der Waals surface area contributed by atoms with E-state index in [4.69, 9.17) is 11.6 Å².